The maximum atomic E-state index is 13.6. The van der Waals surface area contributed by atoms with Crippen molar-refractivity contribution in [1.82, 2.24) is 0 Å². The van der Waals surface area contributed by atoms with Crippen LogP contribution in [0.1, 0.15) is 32.8 Å². The van der Waals surface area contributed by atoms with Crippen molar-refractivity contribution in [2.24, 2.45) is 0 Å². The van der Waals surface area contributed by atoms with Gasteiger partial charge in [-0.15, -0.1) is 0 Å². The van der Waals surface area contributed by atoms with Gasteiger partial charge in [0.1, 0.15) is 11.5 Å². The van der Waals surface area contributed by atoms with Crippen LogP contribution in [0.3, 0.4) is 0 Å². The molecule has 36 heavy (non-hydrogen) atoms. The van der Waals surface area contributed by atoms with Gasteiger partial charge in [0, 0.05) is 16.8 Å². The van der Waals surface area contributed by atoms with Gasteiger partial charge in [0.05, 0.1) is 18.4 Å². The van der Waals surface area contributed by atoms with E-state index in [0.717, 1.165) is 28.1 Å². The zero-order valence-corrected chi connectivity index (χ0v) is 20.3. The highest BCUT2D eigenvalue weighted by Crippen LogP contribution is 2.36. The molecule has 0 unspecified atom stereocenters. The second kappa shape index (κ2) is 9.55. The molecule has 1 aliphatic rings. The van der Waals surface area contributed by atoms with E-state index in [1.54, 1.807) is 35.2 Å². The van der Waals surface area contributed by atoms with E-state index in [1.165, 1.54) is 12.7 Å². The number of furan rings is 1. The van der Waals surface area contributed by atoms with Gasteiger partial charge in [0.25, 0.3) is 5.91 Å². The van der Waals surface area contributed by atoms with E-state index in [2.05, 4.69) is 6.92 Å². The first-order chi connectivity index (χ1) is 17.4. The van der Waals surface area contributed by atoms with Gasteiger partial charge < -0.3 is 9.15 Å². The van der Waals surface area contributed by atoms with Gasteiger partial charge in [-0.2, -0.15) is 0 Å². The van der Waals surface area contributed by atoms with Gasteiger partial charge >= 0.3 is 5.97 Å². The van der Waals surface area contributed by atoms with E-state index < -0.39 is 0 Å². The Labute approximate surface area is 209 Å². The molecule has 0 saturated heterocycles. The summed E-state index contributed by atoms with van der Waals surface area (Å²) in [6.45, 7) is 4.10. The van der Waals surface area contributed by atoms with Crippen molar-refractivity contribution < 1.29 is 18.7 Å². The van der Waals surface area contributed by atoms with E-state index in [1.807, 2.05) is 73.7 Å². The van der Waals surface area contributed by atoms with Crippen molar-refractivity contribution in [3.63, 3.8) is 0 Å². The maximum absolute atomic E-state index is 13.6. The zero-order valence-electron chi connectivity index (χ0n) is 20.3. The highest BCUT2D eigenvalue weighted by molar-refractivity contribution is 6.23. The molecule has 0 N–H and O–H groups in total. The van der Waals surface area contributed by atoms with Gasteiger partial charge in [0.15, 0.2) is 0 Å². The fourth-order valence-electron chi connectivity index (χ4n) is 4.19. The van der Waals surface area contributed by atoms with Crippen LogP contribution in [0.5, 0.6) is 0 Å². The SMILES string of the molecule is COC(=O)c1ccc(-c2ccc(/C=C3\C=C(c4ccccc4)N(c4ccc(C)c(C)c4)C3=O)o2)cc1. The fourth-order valence-corrected chi connectivity index (χ4v) is 4.19. The number of carbonyl (C=O) groups is 2. The number of aryl methyl sites for hydroxylation is 2. The van der Waals surface area contributed by atoms with Crippen molar-refractivity contribution in [1.29, 1.82) is 0 Å². The minimum Gasteiger partial charge on any atom is -0.465 e. The number of hydrogen-bond donors (Lipinski definition) is 0. The monoisotopic (exact) mass is 475 g/mol. The molecule has 5 rings (SSSR count). The van der Waals surface area contributed by atoms with E-state index >= 15 is 0 Å². The molecule has 5 nitrogen and oxygen atoms in total. The predicted molar refractivity (Wildman–Crippen MR) is 141 cm³/mol. The number of anilines is 1. The van der Waals surface area contributed by atoms with Crippen molar-refractivity contribution in [3.8, 4) is 11.3 Å². The molecule has 1 aromatic heterocycles. The first kappa shape index (κ1) is 23.1. The maximum Gasteiger partial charge on any atom is 0.337 e. The third-order valence-corrected chi connectivity index (χ3v) is 6.32. The van der Waals surface area contributed by atoms with E-state index in [-0.39, 0.29) is 11.9 Å². The summed E-state index contributed by atoms with van der Waals surface area (Å²) in [5.74, 6) is 0.705. The molecule has 0 radical (unpaired) electrons. The van der Waals surface area contributed by atoms with Crippen LogP contribution >= 0.6 is 0 Å². The highest BCUT2D eigenvalue weighted by Gasteiger charge is 2.30. The third kappa shape index (κ3) is 4.39. The summed E-state index contributed by atoms with van der Waals surface area (Å²) in [7, 11) is 1.35. The highest BCUT2D eigenvalue weighted by atomic mass is 16.5. The predicted octanol–water partition coefficient (Wildman–Crippen LogP) is 6.82. The Morgan fingerprint density at radius 2 is 1.61 bits per heavy atom. The molecular weight excluding hydrogens is 450 g/mol. The van der Waals surface area contributed by atoms with E-state index in [9.17, 15) is 9.59 Å². The number of rotatable bonds is 5. The van der Waals surface area contributed by atoms with Crippen LogP contribution in [0, 0.1) is 13.8 Å². The molecule has 0 spiro atoms. The second-order valence-corrected chi connectivity index (χ2v) is 8.68. The van der Waals surface area contributed by atoms with Crippen molar-refractivity contribution in [2.75, 3.05) is 12.0 Å². The smallest absolute Gasteiger partial charge is 0.337 e. The number of hydrogen-bond acceptors (Lipinski definition) is 4. The molecule has 178 valence electrons. The van der Waals surface area contributed by atoms with Crippen molar-refractivity contribution in [2.45, 2.75) is 13.8 Å². The average Bonchev–Trinajstić information content (AvgIpc) is 3.51. The lowest BCUT2D eigenvalue weighted by Crippen LogP contribution is -2.25. The van der Waals surface area contributed by atoms with Crippen LogP contribution in [0.2, 0.25) is 0 Å². The van der Waals surface area contributed by atoms with Crippen molar-refractivity contribution >= 4 is 29.3 Å². The minimum absolute atomic E-state index is 0.113. The molecule has 2 heterocycles. The fraction of sp³-hybridized carbons (Fsp3) is 0.0968. The quantitative estimate of drug-likeness (QED) is 0.235. The van der Waals surface area contributed by atoms with Crippen LogP contribution in [-0.4, -0.2) is 19.0 Å². The first-order valence-electron chi connectivity index (χ1n) is 11.6. The topological polar surface area (TPSA) is 59.8 Å². The number of amides is 1. The van der Waals surface area contributed by atoms with Crippen LogP contribution in [-0.2, 0) is 9.53 Å². The van der Waals surface area contributed by atoms with Crippen LogP contribution in [0.4, 0.5) is 5.69 Å². The summed E-state index contributed by atoms with van der Waals surface area (Å²) in [6.07, 6.45) is 3.67. The summed E-state index contributed by atoms with van der Waals surface area (Å²) < 4.78 is 10.8. The molecule has 1 amide bonds. The van der Waals surface area contributed by atoms with E-state index in [4.69, 9.17) is 9.15 Å². The lowest BCUT2D eigenvalue weighted by molar-refractivity contribution is -0.113. The number of nitrogens with zero attached hydrogens (tertiary/aromatic N) is 1. The molecule has 4 aromatic rings. The molecule has 0 fully saturated rings. The number of ether oxygens (including phenoxy) is 1. The molecule has 0 aliphatic carbocycles. The normalized spacial score (nSPS) is 14.3. The third-order valence-electron chi connectivity index (χ3n) is 6.32. The van der Waals surface area contributed by atoms with Crippen LogP contribution < -0.4 is 4.90 Å². The summed E-state index contributed by atoms with van der Waals surface area (Å²) >= 11 is 0. The lowest BCUT2D eigenvalue weighted by atomic mass is 10.1. The summed E-state index contributed by atoms with van der Waals surface area (Å²) in [5.41, 5.74) is 6.73. The largest absolute Gasteiger partial charge is 0.465 e. The molecular formula is C31H25NO4. The van der Waals surface area contributed by atoms with Crippen LogP contribution in [0.25, 0.3) is 23.1 Å². The first-order valence-corrected chi connectivity index (χ1v) is 11.6. The van der Waals surface area contributed by atoms with Gasteiger partial charge in [-0.1, -0.05) is 48.5 Å². The number of esters is 1. The van der Waals surface area contributed by atoms with Crippen molar-refractivity contribution in [3.05, 3.63) is 125 Å². The Morgan fingerprint density at radius 3 is 2.31 bits per heavy atom. The molecule has 0 bridgehead atoms. The molecule has 3 aromatic carbocycles. The Morgan fingerprint density at radius 1 is 0.861 bits per heavy atom. The number of benzene rings is 3. The van der Waals surface area contributed by atoms with Crippen LogP contribution in [0.15, 0.2) is 101 Å². The Kier molecular flexibility index (Phi) is 6.13. The lowest BCUT2D eigenvalue weighted by Gasteiger charge is -2.21. The van der Waals surface area contributed by atoms with Gasteiger partial charge in [-0.25, -0.2) is 4.79 Å². The molecule has 1 aliphatic heterocycles. The second-order valence-electron chi connectivity index (χ2n) is 8.68. The standard InChI is InChI=1S/C31H25NO4/c1-20-9-14-26(17-21(20)2)32-28(22-7-5-4-6-8-22)19-25(30(32)33)18-27-15-16-29(36-27)23-10-12-24(13-11-23)31(34)35-3/h4-19H,1-3H3/b25-18+. The van der Waals surface area contributed by atoms with Gasteiger partial charge in [0.2, 0.25) is 0 Å². The van der Waals surface area contributed by atoms with Gasteiger partial charge in [-0.3, -0.25) is 9.69 Å². The Hall–Kier alpha value is -4.64. The molecule has 5 heteroatoms. The van der Waals surface area contributed by atoms with Gasteiger partial charge in [-0.05, 0) is 79.1 Å². The summed E-state index contributed by atoms with van der Waals surface area (Å²) in [5, 5.41) is 0. The average molecular weight is 476 g/mol. The zero-order chi connectivity index (χ0) is 25.2. The van der Waals surface area contributed by atoms with E-state index in [0.29, 0.717) is 22.7 Å². The number of methoxy groups -OCH3 is 1. The molecule has 0 atom stereocenters. The minimum atomic E-state index is -0.388. The summed E-state index contributed by atoms with van der Waals surface area (Å²) in [4.78, 5) is 27.1. The Balaban J connectivity index is 1.49. The molecule has 0 saturated carbocycles. The summed E-state index contributed by atoms with van der Waals surface area (Å²) in [6, 6.07) is 26.6. The number of carbonyl (C=O) groups excluding carboxylic acids is 2. The Bertz CT molecular complexity index is 1510.